The van der Waals surface area contributed by atoms with Crippen molar-refractivity contribution in [3.8, 4) is 0 Å². The summed E-state index contributed by atoms with van der Waals surface area (Å²) >= 11 is 1.67. The van der Waals surface area contributed by atoms with Gasteiger partial charge in [0.1, 0.15) is 0 Å². The van der Waals surface area contributed by atoms with E-state index in [0.29, 0.717) is 12.6 Å². The predicted octanol–water partition coefficient (Wildman–Crippen LogP) is 2.99. The van der Waals surface area contributed by atoms with Crippen LogP contribution in [0.5, 0.6) is 0 Å². The monoisotopic (exact) mass is 334 g/mol. The highest BCUT2D eigenvalue weighted by Crippen LogP contribution is 2.33. The number of hydrogen-bond donors (Lipinski definition) is 0. The fourth-order valence-corrected chi connectivity index (χ4v) is 4.25. The van der Waals surface area contributed by atoms with Crippen LogP contribution in [0.3, 0.4) is 0 Å². The number of rotatable bonds is 5. The highest BCUT2D eigenvalue weighted by Gasteiger charge is 2.43. The number of hydrogen-bond acceptors (Lipinski definition) is 6. The second-order valence-electron chi connectivity index (χ2n) is 6.29. The molecule has 2 aliphatic rings. The summed E-state index contributed by atoms with van der Waals surface area (Å²) in [4.78, 5) is 6.98. The molecule has 124 valence electrons. The molecule has 1 saturated heterocycles. The van der Waals surface area contributed by atoms with Crippen molar-refractivity contribution in [1.29, 1.82) is 0 Å². The summed E-state index contributed by atoms with van der Waals surface area (Å²) in [5.41, 5.74) is 2.26. The maximum absolute atomic E-state index is 6.13. The molecular weight excluding hydrogens is 312 g/mol. The lowest BCUT2D eigenvalue weighted by atomic mass is 10.1. The zero-order chi connectivity index (χ0) is 15.6. The van der Waals surface area contributed by atoms with E-state index in [9.17, 15) is 0 Å². The molecule has 0 N–H and O–H groups in total. The first-order chi connectivity index (χ1) is 11.3. The summed E-state index contributed by atoms with van der Waals surface area (Å²) in [6.07, 6.45) is 6.11. The Labute approximate surface area is 140 Å². The van der Waals surface area contributed by atoms with E-state index in [0.717, 1.165) is 43.2 Å². The van der Waals surface area contributed by atoms with Crippen LogP contribution in [0.25, 0.3) is 0 Å². The molecule has 3 heterocycles. The van der Waals surface area contributed by atoms with Gasteiger partial charge in [-0.25, -0.2) is 4.98 Å². The summed E-state index contributed by atoms with van der Waals surface area (Å²) in [5, 5.41) is 3.17. The Morgan fingerprint density at radius 2 is 2.39 bits per heavy atom. The van der Waals surface area contributed by atoms with Crippen LogP contribution in [0.2, 0.25) is 0 Å². The number of ether oxygens (including phenoxy) is 2. The Bertz CT molecular complexity index is 628. The van der Waals surface area contributed by atoms with Crippen LogP contribution in [0.4, 0.5) is 0 Å². The molecule has 1 aliphatic heterocycles. The van der Waals surface area contributed by atoms with Gasteiger partial charge in [0.15, 0.2) is 0 Å². The molecule has 0 unspecified atom stereocenters. The number of fused-ring (bicyclic) bond motifs is 1. The van der Waals surface area contributed by atoms with E-state index in [2.05, 4.69) is 15.3 Å². The molecule has 1 saturated carbocycles. The fourth-order valence-electron chi connectivity index (χ4n) is 3.65. The number of aryl methyl sites for hydroxylation is 1. The van der Waals surface area contributed by atoms with Gasteiger partial charge in [-0.2, -0.15) is 0 Å². The molecule has 2 aromatic rings. The summed E-state index contributed by atoms with van der Waals surface area (Å²) in [7, 11) is 0. The lowest BCUT2D eigenvalue weighted by Crippen LogP contribution is -2.51. The van der Waals surface area contributed by atoms with Gasteiger partial charge in [-0.3, -0.25) is 4.90 Å². The largest absolute Gasteiger partial charge is 0.472 e. The third kappa shape index (κ3) is 3.35. The van der Waals surface area contributed by atoms with Gasteiger partial charge < -0.3 is 13.9 Å². The van der Waals surface area contributed by atoms with Gasteiger partial charge in [0.05, 0.1) is 48.6 Å². The molecule has 2 aromatic heterocycles. The van der Waals surface area contributed by atoms with Gasteiger partial charge in [0.2, 0.25) is 0 Å². The lowest BCUT2D eigenvalue weighted by Gasteiger charge is -2.38. The van der Waals surface area contributed by atoms with Crippen LogP contribution in [0.15, 0.2) is 28.4 Å². The normalized spacial score (nSPS) is 28.1. The minimum atomic E-state index is 0.175. The Balaban J connectivity index is 1.36. The zero-order valence-electron chi connectivity index (χ0n) is 13.3. The number of furan rings is 1. The van der Waals surface area contributed by atoms with Gasteiger partial charge in [0.25, 0.3) is 0 Å². The third-order valence-electron chi connectivity index (χ3n) is 4.73. The first-order valence-corrected chi connectivity index (χ1v) is 9.07. The van der Waals surface area contributed by atoms with Gasteiger partial charge >= 0.3 is 0 Å². The SMILES string of the molecule is Cc1nc(CO[C@@H]2CC[C@H]3[C@H]2OCCN3Cc2ccoc2)cs1. The molecule has 0 aromatic carbocycles. The van der Waals surface area contributed by atoms with Crippen LogP contribution >= 0.6 is 11.3 Å². The van der Waals surface area contributed by atoms with Gasteiger partial charge in [-0.05, 0) is 25.8 Å². The molecule has 0 spiro atoms. The van der Waals surface area contributed by atoms with Gasteiger partial charge in [-0.1, -0.05) is 0 Å². The number of morpholine rings is 1. The Morgan fingerprint density at radius 3 is 3.17 bits per heavy atom. The average molecular weight is 334 g/mol. The number of thiazole rings is 1. The van der Waals surface area contributed by atoms with Crippen molar-refractivity contribution in [2.24, 2.45) is 0 Å². The first-order valence-electron chi connectivity index (χ1n) is 8.19. The summed E-state index contributed by atoms with van der Waals surface area (Å²) < 4.78 is 17.4. The second-order valence-corrected chi connectivity index (χ2v) is 7.35. The van der Waals surface area contributed by atoms with E-state index in [4.69, 9.17) is 13.9 Å². The molecular formula is C17H22N2O3S. The van der Waals surface area contributed by atoms with E-state index in [1.54, 1.807) is 17.6 Å². The van der Waals surface area contributed by atoms with Crippen molar-refractivity contribution in [3.63, 3.8) is 0 Å². The van der Waals surface area contributed by atoms with Crippen molar-refractivity contribution >= 4 is 11.3 Å². The fraction of sp³-hybridized carbons (Fsp3) is 0.588. The molecule has 4 rings (SSSR count). The van der Waals surface area contributed by atoms with E-state index >= 15 is 0 Å². The molecule has 5 nitrogen and oxygen atoms in total. The van der Waals surface area contributed by atoms with Crippen molar-refractivity contribution in [1.82, 2.24) is 9.88 Å². The molecule has 6 heteroatoms. The smallest absolute Gasteiger partial charge is 0.0992 e. The maximum atomic E-state index is 6.13. The van der Waals surface area contributed by atoms with E-state index < -0.39 is 0 Å². The first kappa shape index (κ1) is 15.3. The zero-order valence-corrected chi connectivity index (χ0v) is 14.1. The topological polar surface area (TPSA) is 47.7 Å². The Hall–Kier alpha value is -1.21. The van der Waals surface area contributed by atoms with E-state index in [-0.39, 0.29) is 12.2 Å². The summed E-state index contributed by atoms with van der Waals surface area (Å²) in [6, 6.07) is 2.48. The van der Waals surface area contributed by atoms with Gasteiger partial charge in [0, 0.05) is 30.1 Å². The van der Waals surface area contributed by atoms with Crippen LogP contribution < -0.4 is 0 Å². The second kappa shape index (κ2) is 6.73. The van der Waals surface area contributed by atoms with E-state index in [1.165, 1.54) is 5.56 Å². The van der Waals surface area contributed by atoms with Crippen molar-refractivity contribution < 1.29 is 13.9 Å². The van der Waals surface area contributed by atoms with Crippen molar-refractivity contribution in [2.45, 2.75) is 51.2 Å². The number of aromatic nitrogens is 1. The molecule has 0 amide bonds. The third-order valence-corrected chi connectivity index (χ3v) is 5.55. The van der Waals surface area contributed by atoms with E-state index in [1.807, 2.05) is 19.3 Å². The molecule has 2 fully saturated rings. The molecule has 0 bridgehead atoms. The highest BCUT2D eigenvalue weighted by molar-refractivity contribution is 7.09. The lowest BCUT2D eigenvalue weighted by molar-refractivity contribution is -0.119. The average Bonchev–Trinajstić information content (AvgIpc) is 3.27. The summed E-state index contributed by atoms with van der Waals surface area (Å²) in [6.45, 7) is 5.29. The standard InChI is InChI=1S/C17H22N2O3S/c1-12-18-14(11-23-12)10-22-16-3-2-15-17(16)21-7-5-19(15)8-13-4-6-20-9-13/h4,6,9,11,15-17H,2-3,5,7-8,10H2,1H3/t15-,16+,17+/m0/s1. The molecule has 23 heavy (non-hydrogen) atoms. The number of nitrogens with zero attached hydrogens (tertiary/aromatic N) is 2. The van der Waals surface area contributed by atoms with Crippen LogP contribution in [0.1, 0.15) is 29.1 Å². The summed E-state index contributed by atoms with van der Waals surface area (Å²) in [5.74, 6) is 0. The van der Waals surface area contributed by atoms with Crippen molar-refractivity contribution in [2.75, 3.05) is 13.2 Å². The molecule has 0 radical (unpaired) electrons. The maximum Gasteiger partial charge on any atom is 0.0992 e. The van der Waals surface area contributed by atoms with Crippen LogP contribution in [0, 0.1) is 6.92 Å². The molecule has 3 atom stereocenters. The molecule has 1 aliphatic carbocycles. The minimum absolute atomic E-state index is 0.175. The highest BCUT2D eigenvalue weighted by atomic mass is 32.1. The Morgan fingerprint density at radius 1 is 1.43 bits per heavy atom. The Kier molecular flexibility index (Phi) is 4.48. The minimum Gasteiger partial charge on any atom is -0.472 e. The van der Waals surface area contributed by atoms with Gasteiger partial charge in [-0.15, -0.1) is 11.3 Å². The predicted molar refractivity (Wildman–Crippen MR) is 87.3 cm³/mol. The van der Waals surface area contributed by atoms with Crippen LogP contribution in [-0.4, -0.2) is 41.3 Å². The van der Waals surface area contributed by atoms with Crippen molar-refractivity contribution in [3.05, 3.63) is 40.2 Å². The quantitative estimate of drug-likeness (QED) is 0.841. The van der Waals surface area contributed by atoms with Crippen LogP contribution in [-0.2, 0) is 22.6 Å².